The van der Waals surface area contributed by atoms with Gasteiger partial charge in [-0.25, -0.2) is 9.37 Å². The zero-order chi connectivity index (χ0) is 18.8. The van der Waals surface area contributed by atoms with Gasteiger partial charge in [-0.05, 0) is 59.5 Å². The SMILES string of the molecule is COCc1cccc(-c2ccc(-c3cc(C)c4cc(F)ccc4n3)cc2)c1. The van der Waals surface area contributed by atoms with Crippen molar-refractivity contribution in [3.63, 3.8) is 0 Å². The summed E-state index contributed by atoms with van der Waals surface area (Å²) in [4.78, 5) is 4.71. The van der Waals surface area contributed by atoms with Gasteiger partial charge in [0.25, 0.3) is 0 Å². The standard InChI is InChI=1S/C24H20FNO/c1-16-12-24(26-23-11-10-21(25)14-22(16)23)19-8-6-18(7-9-19)20-5-3-4-17(13-20)15-27-2/h3-14H,15H2,1-2H3. The first kappa shape index (κ1) is 17.4. The molecule has 1 heterocycles. The van der Waals surface area contributed by atoms with Crippen molar-refractivity contribution in [2.75, 3.05) is 7.11 Å². The van der Waals surface area contributed by atoms with Gasteiger partial charge in [-0.3, -0.25) is 0 Å². The molecular formula is C24H20FNO. The van der Waals surface area contributed by atoms with Gasteiger partial charge in [0.05, 0.1) is 17.8 Å². The lowest BCUT2D eigenvalue weighted by Gasteiger charge is -2.09. The number of nitrogens with zero attached hydrogens (tertiary/aromatic N) is 1. The van der Waals surface area contributed by atoms with Crippen LogP contribution in [0.15, 0.2) is 72.8 Å². The zero-order valence-electron chi connectivity index (χ0n) is 15.4. The highest BCUT2D eigenvalue weighted by atomic mass is 19.1. The summed E-state index contributed by atoms with van der Waals surface area (Å²) in [5.41, 5.74) is 7.23. The first-order chi connectivity index (χ1) is 13.1. The predicted molar refractivity (Wildman–Crippen MR) is 108 cm³/mol. The molecule has 0 fully saturated rings. The van der Waals surface area contributed by atoms with E-state index in [1.807, 2.05) is 19.1 Å². The first-order valence-corrected chi connectivity index (χ1v) is 8.89. The fraction of sp³-hybridized carbons (Fsp3) is 0.125. The molecule has 3 aromatic carbocycles. The summed E-state index contributed by atoms with van der Waals surface area (Å²) >= 11 is 0. The first-order valence-electron chi connectivity index (χ1n) is 8.89. The van der Waals surface area contributed by atoms with Gasteiger partial charge in [0.15, 0.2) is 0 Å². The number of benzene rings is 3. The highest BCUT2D eigenvalue weighted by Gasteiger charge is 2.07. The number of hydrogen-bond acceptors (Lipinski definition) is 2. The third-order valence-electron chi connectivity index (χ3n) is 4.73. The van der Waals surface area contributed by atoms with Crippen molar-refractivity contribution in [1.82, 2.24) is 4.98 Å². The number of hydrogen-bond donors (Lipinski definition) is 0. The summed E-state index contributed by atoms with van der Waals surface area (Å²) in [6, 6.07) is 23.5. The van der Waals surface area contributed by atoms with Gasteiger partial charge in [-0.1, -0.05) is 42.5 Å². The molecule has 0 bridgehead atoms. The van der Waals surface area contributed by atoms with E-state index in [0.29, 0.717) is 6.61 Å². The molecule has 4 rings (SSSR count). The molecule has 0 N–H and O–H groups in total. The Hall–Kier alpha value is -3.04. The van der Waals surface area contributed by atoms with E-state index in [4.69, 9.17) is 9.72 Å². The van der Waals surface area contributed by atoms with Crippen LogP contribution in [0.1, 0.15) is 11.1 Å². The summed E-state index contributed by atoms with van der Waals surface area (Å²) in [6.07, 6.45) is 0. The number of pyridine rings is 1. The number of halogens is 1. The van der Waals surface area contributed by atoms with Crippen LogP contribution in [0.3, 0.4) is 0 Å². The van der Waals surface area contributed by atoms with Gasteiger partial charge in [-0.2, -0.15) is 0 Å². The van der Waals surface area contributed by atoms with Crippen LogP contribution in [-0.2, 0) is 11.3 Å². The minimum Gasteiger partial charge on any atom is -0.380 e. The molecule has 1 aromatic heterocycles. The molecule has 0 aliphatic rings. The lowest BCUT2D eigenvalue weighted by atomic mass is 10.00. The van der Waals surface area contributed by atoms with Crippen LogP contribution in [-0.4, -0.2) is 12.1 Å². The van der Waals surface area contributed by atoms with E-state index >= 15 is 0 Å². The van der Waals surface area contributed by atoms with Crippen molar-refractivity contribution in [3.8, 4) is 22.4 Å². The number of aromatic nitrogens is 1. The summed E-state index contributed by atoms with van der Waals surface area (Å²) < 4.78 is 18.7. The molecule has 4 aromatic rings. The molecule has 2 nitrogen and oxygen atoms in total. The van der Waals surface area contributed by atoms with Crippen LogP contribution in [0.2, 0.25) is 0 Å². The maximum atomic E-state index is 13.5. The molecule has 0 aliphatic carbocycles. The average Bonchev–Trinajstić information content (AvgIpc) is 2.69. The lowest BCUT2D eigenvalue weighted by molar-refractivity contribution is 0.185. The van der Waals surface area contributed by atoms with Crippen LogP contribution < -0.4 is 0 Å². The molecule has 0 spiro atoms. The fourth-order valence-corrected chi connectivity index (χ4v) is 3.36. The van der Waals surface area contributed by atoms with Crippen molar-refractivity contribution >= 4 is 10.9 Å². The number of methoxy groups -OCH3 is 1. The van der Waals surface area contributed by atoms with E-state index in [-0.39, 0.29) is 5.82 Å². The Morgan fingerprint density at radius 3 is 2.41 bits per heavy atom. The summed E-state index contributed by atoms with van der Waals surface area (Å²) in [5.74, 6) is -0.236. The van der Waals surface area contributed by atoms with E-state index in [1.165, 1.54) is 12.1 Å². The van der Waals surface area contributed by atoms with Crippen LogP contribution in [0, 0.1) is 12.7 Å². The zero-order valence-corrected chi connectivity index (χ0v) is 15.4. The highest BCUT2D eigenvalue weighted by Crippen LogP contribution is 2.28. The lowest BCUT2D eigenvalue weighted by Crippen LogP contribution is -1.90. The van der Waals surface area contributed by atoms with Gasteiger partial charge in [0.2, 0.25) is 0 Å². The number of rotatable bonds is 4. The number of aryl methyl sites for hydroxylation is 1. The van der Waals surface area contributed by atoms with E-state index in [1.54, 1.807) is 13.2 Å². The minimum atomic E-state index is -0.236. The van der Waals surface area contributed by atoms with Gasteiger partial charge in [0, 0.05) is 18.1 Å². The predicted octanol–water partition coefficient (Wildman–Crippen LogP) is 6.16. The number of ether oxygens (including phenoxy) is 1. The van der Waals surface area contributed by atoms with E-state index < -0.39 is 0 Å². The molecule has 0 atom stereocenters. The largest absolute Gasteiger partial charge is 0.380 e. The van der Waals surface area contributed by atoms with E-state index in [9.17, 15) is 4.39 Å². The second kappa shape index (κ2) is 7.29. The molecule has 0 unspecified atom stereocenters. The van der Waals surface area contributed by atoms with E-state index in [2.05, 4.69) is 42.5 Å². The van der Waals surface area contributed by atoms with Crippen LogP contribution in [0.5, 0.6) is 0 Å². The van der Waals surface area contributed by atoms with Crippen molar-refractivity contribution in [3.05, 3.63) is 89.7 Å². The van der Waals surface area contributed by atoms with E-state index in [0.717, 1.165) is 44.4 Å². The third kappa shape index (κ3) is 3.60. The maximum Gasteiger partial charge on any atom is 0.123 e. The molecule has 0 saturated heterocycles. The molecule has 0 saturated carbocycles. The molecule has 0 amide bonds. The normalized spacial score (nSPS) is 11.1. The second-order valence-corrected chi connectivity index (χ2v) is 6.70. The Labute approximate surface area is 158 Å². The van der Waals surface area contributed by atoms with Crippen molar-refractivity contribution in [2.45, 2.75) is 13.5 Å². The van der Waals surface area contributed by atoms with Gasteiger partial charge >= 0.3 is 0 Å². The highest BCUT2D eigenvalue weighted by molar-refractivity contribution is 5.85. The van der Waals surface area contributed by atoms with Crippen molar-refractivity contribution in [1.29, 1.82) is 0 Å². The second-order valence-electron chi connectivity index (χ2n) is 6.70. The van der Waals surface area contributed by atoms with Crippen LogP contribution in [0.25, 0.3) is 33.3 Å². The molecule has 27 heavy (non-hydrogen) atoms. The van der Waals surface area contributed by atoms with Gasteiger partial charge < -0.3 is 4.74 Å². The fourth-order valence-electron chi connectivity index (χ4n) is 3.36. The third-order valence-corrected chi connectivity index (χ3v) is 4.73. The molecule has 0 radical (unpaired) electrons. The summed E-state index contributed by atoms with van der Waals surface area (Å²) in [7, 11) is 1.70. The molecular weight excluding hydrogens is 337 g/mol. The summed E-state index contributed by atoms with van der Waals surface area (Å²) in [6.45, 7) is 2.59. The molecule has 0 aliphatic heterocycles. The van der Waals surface area contributed by atoms with Crippen LogP contribution in [0.4, 0.5) is 4.39 Å². The smallest absolute Gasteiger partial charge is 0.123 e. The minimum absolute atomic E-state index is 0.236. The Morgan fingerprint density at radius 2 is 1.63 bits per heavy atom. The Morgan fingerprint density at radius 1 is 0.852 bits per heavy atom. The Kier molecular flexibility index (Phi) is 4.69. The number of fused-ring (bicyclic) bond motifs is 1. The van der Waals surface area contributed by atoms with Gasteiger partial charge in [-0.15, -0.1) is 0 Å². The Balaban J connectivity index is 1.69. The average molecular weight is 357 g/mol. The van der Waals surface area contributed by atoms with Gasteiger partial charge in [0.1, 0.15) is 5.82 Å². The van der Waals surface area contributed by atoms with Crippen molar-refractivity contribution in [2.24, 2.45) is 0 Å². The maximum absolute atomic E-state index is 13.5. The summed E-state index contributed by atoms with van der Waals surface area (Å²) in [5, 5.41) is 0.852. The van der Waals surface area contributed by atoms with Crippen LogP contribution >= 0.6 is 0 Å². The Bertz CT molecular complexity index is 1100. The topological polar surface area (TPSA) is 22.1 Å². The van der Waals surface area contributed by atoms with Crippen molar-refractivity contribution < 1.29 is 9.13 Å². The molecule has 3 heteroatoms. The molecule has 134 valence electrons. The monoisotopic (exact) mass is 357 g/mol. The quantitative estimate of drug-likeness (QED) is 0.436.